The summed E-state index contributed by atoms with van der Waals surface area (Å²) in [6.07, 6.45) is 1.82. The summed E-state index contributed by atoms with van der Waals surface area (Å²) in [5, 5.41) is 2.41. The molecule has 0 unspecified atom stereocenters. The van der Waals surface area contributed by atoms with Gasteiger partial charge in [0.1, 0.15) is 0 Å². The molecule has 0 saturated heterocycles. The van der Waals surface area contributed by atoms with Crippen LogP contribution in [-0.2, 0) is 0 Å². The third-order valence-electron chi connectivity index (χ3n) is 6.19. The molecule has 0 aliphatic heterocycles. The van der Waals surface area contributed by atoms with Gasteiger partial charge in [-0.2, -0.15) is 0 Å². The Bertz CT molecular complexity index is 1630. The highest BCUT2D eigenvalue weighted by Crippen LogP contribution is 2.37. The molecular formula is C29H22N4. The van der Waals surface area contributed by atoms with Crippen molar-refractivity contribution in [2.75, 3.05) is 11.5 Å². The Labute approximate surface area is 191 Å². The van der Waals surface area contributed by atoms with Crippen molar-refractivity contribution < 1.29 is 0 Å². The normalized spacial score (nSPS) is 11.3. The standard InChI is InChI=1S/C29H22N4/c30-25-11-6-10-22(29(25)31)19-14-15-24-23-9-1-2-13-27(23)33(28(24)18-19)21-8-5-7-20(17-21)26-12-3-4-16-32-26/h1-18H,30-31H2. The second kappa shape index (κ2) is 7.53. The fraction of sp³-hybridized carbons (Fsp3) is 0. The van der Waals surface area contributed by atoms with Crippen LogP contribution in [0.25, 0.3) is 49.9 Å². The van der Waals surface area contributed by atoms with E-state index in [0.29, 0.717) is 11.4 Å². The van der Waals surface area contributed by atoms with Crippen molar-refractivity contribution in [2.45, 2.75) is 0 Å². The second-order valence-electron chi connectivity index (χ2n) is 8.16. The lowest BCUT2D eigenvalue weighted by molar-refractivity contribution is 1.18. The third kappa shape index (κ3) is 3.12. The molecule has 4 aromatic carbocycles. The van der Waals surface area contributed by atoms with Gasteiger partial charge in [-0.05, 0) is 48.0 Å². The Morgan fingerprint density at radius 3 is 2.30 bits per heavy atom. The van der Waals surface area contributed by atoms with Gasteiger partial charge in [0, 0.05) is 33.8 Å². The van der Waals surface area contributed by atoms with Crippen LogP contribution >= 0.6 is 0 Å². The SMILES string of the molecule is Nc1cccc(-c2ccc3c4ccccc4n(-c4cccc(-c5ccccn5)c4)c3c2)c1N. The van der Waals surface area contributed by atoms with E-state index < -0.39 is 0 Å². The lowest BCUT2D eigenvalue weighted by atomic mass is 10.0. The van der Waals surface area contributed by atoms with Gasteiger partial charge in [0.2, 0.25) is 0 Å². The van der Waals surface area contributed by atoms with Crippen molar-refractivity contribution in [2.24, 2.45) is 0 Å². The van der Waals surface area contributed by atoms with Crippen LogP contribution in [0.5, 0.6) is 0 Å². The summed E-state index contributed by atoms with van der Waals surface area (Å²) in [6, 6.07) is 35.3. The molecule has 0 atom stereocenters. The number of hydrogen-bond acceptors (Lipinski definition) is 3. The number of nitrogen functional groups attached to an aromatic ring is 2. The number of fused-ring (bicyclic) bond motifs is 3. The number of pyridine rings is 1. The fourth-order valence-corrected chi connectivity index (χ4v) is 4.59. The third-order valence-corrected chi connectivity index (χ3v) is 6.19. The molecule has 4 heteroatoms. The minimum Gasteiger partial charge on any atom is -0.397 e. The first-order chi connectivity index (χ1) is 16.2. The Hall–Kier alpha value is -4.57. The molecule has 2 heterocycles. The molecular weight excluding hydrogens is 404 g/mol. The molecule has 0 aliphatic carbocycles. The zero-order chi connectivity index (χ0) is 22.4. The van der Waals surface area contributed by atoms with Gasteiger partial charge in [-0.15, -0.1) is 0 Å². The Kier molecular flexibility index (Phi) is 4.37. The number of aromatic nitrogens is 2. The molecule has 2 aromatic heterocycles. The van der Waals surface area contributed by atoms with Crippen LogP contribution in [0.3, 0.4) is 0 Å². The largest absolute Gasteiger partial charge is 0.397 e. The number of nitrogens with zero attached hydrogens (tertiary/aromatic N) is 2. The molecule has 0 fully saturated rings. The molecule has 6 aromatic rings. The van der Waals surface area contributed by atoms with E-state index in [2.05, 4.69) is 76.3 Å². The average Bonchev–Trinajstić information content (AvgIpc) is 3.20. The van der Waals surface area contributed by atoms with E-state index in [1.54, 1.807) is 0 Å². The lowest BCUT2D eigenvalue weighted by Gasteiger charge is -2.12. The predicted molar refractivity (Wildman–Crippen MR) is 138 cm³/mol. The van der Waals surface area contributed by atoms with Crippen LogP contribution in [0.2, 0.25) is 0 Å². The van der Waals surface area contributed by atoms with E-state index in [0.717, 1.165) is 39.1 Å². The smallest absolute Gasteiger partial charge is 0.0702 e. The lowest BCUT2D eigenvalue weighted by Crippen LogP contribution is -1.97. The summed E-state index contributed by atoms with van der Waals surface area (Å²) in [7, 11) is 0. The molecule has 0 saturated carbocycles. The molecule has 158 valence electrons. The van der Waals surface area contributed by atoms with Crippen molar-refractivity contribution in [3.05, 3.63) is 109 Å². The van der Waals surface area contributed by atoms with E-state index in [-0.39, 0.29) is 0 Å². The van der Waals surface area contributed by atoms with E-state index in [9.17, 15) is 0 Å². The Morgan fingerprint density at radius 2 is 1.42 bits per heavy atom. The summed E-state index contributed by atoms with van der Waals surface area (Å²) in [5.41, 5.74) is 21.0. The van der Waals surface area contributed by atoms with Crippen LogP contribution in [0.4, 0.5) is 11.4 Å². The molecule has 0 aliphatic rings. The monoisotopic (exact) mass is 426 g/mol. The van der Waals surface area contributed by atoms with Crippen LogP contribution in [0.15, 0.2) is 109 Å². The number of hydrogen-bond donors (Lipinski definition) is 2. The minimum atomic E-state index is 0.594. The average molecular weight is 427 g/mol. The van der Waals surface area contributed by atoms with Crippen molar-refractivity contribution in [3.8, 4) is 28.1 Å². The Balaban J connectivity index is 1.63. The van der Waals surface area contributed by atoms with Gasteiger partial charge in [-0.1, -0.05) is 60.7 Å². The highest BCUT2D eigenvalue weighted by atomic mass is 15.0. The highest BCUT2D eigenvalue weighted by Gasteiger charge is 2.15. The van der Waals surface area contributed by atoms with Gasteiger partial charge in [-0.25, -0.2) is 0 Å². The molecule has 0 bridgehead atoms. The van der Waals surface area contributed by atoms with E-state index in [1.165, 1.54) is 10.8 Å². The van der Waals surface area contributed by atoms with Gasteiger partial charge in [0.05, 0.1) is 28.1 Å². The number of para-hydroxylation sites is 2. The molecule has 33 heavy (non-hydrogen) atoms. The van der Waals surface area contributed by atoms with Gasteiger partial charge in [0.15, 0.2) is 0 Å². The van der Waals surface area contributed by atoms with Gasteiger partial charge < -0.3 is 16.0 Å². The second-order valence-corrected chi connectivity index (χ2v) is 8.16. The predicted octanol–water partition coefficient (Wildman–Crippen LogP) is 6.68. The van der Waals surface area contributed by atoms with E-state index in [1.807, 2.05) is 42.6 Å². The van der Waals surface area contributed by atoms with E-state index in [4.69, 9.17) is 11.5 Å². The van der Waals surface area contributed by atoms with Crippen LogP contribution < -0.4 is 11.5 Å². The topological polar surface area (TPSA) is 69.9 Å². The number of nitrogens with two attached hydrogens (primary N) is 2. The number of rotatable bonds is 3. The van der Waals surface area contributed by atoms with Crippen LogP contribution in [0, 0.1) is 0 Å². The number of anilines is 2. The first-order valence-electron chi connectivity index (χ1n) is 10.9. The maximum atomic E-state index is 6.33. The highest BCUT2D eigenvalue weighted by molar-refractivity contribution is 6.10. The van der Waals surface area contributed by atoms with Gasteiger partial charge in [0.25, 0.3) is 0 Å². The molecule has 6 rings (SSSR count). The molecule has 4 N–H and O–H groups in total. The van der Waals surface area contributed by atoms with Crippen molar-refractivity contribution in [1.29, 1.82) is 0 Å². The summed E-state index contributed by atoms with van der Waals surface area (Å²) < 4.78 is 2.31. The molecule has 0 radical (unpaired) electrons. The first kappa shape index (κ1) is 19.1. The van der Waals surface area contributed by atoms with Crippen molar-refractivity contribution in [3.63, 3.8) is 0 Å². The maximum absolute atomic E-state index is 6.33. The summed E-state index contributed by atoms with van der Waals surface area (Å²) >= 11 is 0. The van der Waals surface area contributed by atoms with Gasteiger partial charge in [-0.3, -0.25) is 4.98 Å². The zero-order valence-electron chi connectivity index (χ0n) is 17.9. The number of benzene rings is 4. The first-order valence-corrected chi connectivity index (χ1v) is 10.9. The maximum Gasteiger partial charge on any atom is 0.0702 e. The minimum absolute atomic E-state index is 0.594. The quantitative estimate of drug-likeness (QED) is 0.310. The fourth-order valence-electron chi connectivity index (χ4n) is 4.59. The summed E-state index contributed by atoms with van der Waals surface area (Å²) in [4.78, 5) is 4.53. The molecule has 4 nitrogen and oxygen atoms in total. The molecule has 0 amide bonds. The van der Waals surface area contributed by atoms with Crippen molar-refractivity contribution in [1.82, 2.24) is 9.55 Å². The molecule has 0 spiro atoms. The van der Waals surface area contributed by atoms with Gasteiger partial charge >= 0.3 is 0 Å². The zero-order valence-corrected chi connectivity index (χ0v) is 17.9. The van der Waals surface area contributed by atoms with Crippen LogP contribution in [-0.4, -0.2) is 9.55 Å². The Morgan fingerprint density at radius 1 is 0.606 bits per heavy atom. The van der Waals surface area contributed by atoms with E-state index >= 15 is 0 Å². The van der Waals surface area contributed by atoms with Crippen LogP contribution in [0.1, 0.15) is 0 Å². The summed E-state index contributed by atoms with van der Waals surface area (Å²) in [5.74, 6) is 0. The summed E-state index contributed by atoms with van der Waals surface area (Å²) in [6.45, 7) is 0. The van der Waals surface area contributed by atoms with Crippen molar-refractivity contribution >= 4 is 33.2 Å².